The number of nitrogens with zero attached hydrogens (tertiary/aromatic N) is 1. The van der Waals surface area contributed by atoms with Gasteiger partial charge in [0.25, 0.3) is 0 Å². The van der Waals surface area contributed by atoms with Crippen LogP contribution in [0.2, 0.25) is 0 Å². The second-order valence-electron chi connectivity index (χ2n) is 8.91. The molecule has 1 heterocycles. The van der Waals surface area contributed by atoms with Crippen molar-refractivity contribution in [2.75, 3.05) is 0 Å². The molecule has 0 aliphatic carbocycles. The molecule has 2 atom stereocenters. The van der Waals surface area contributed by atoms with Crippen LogP contribution in [0.5, 0.6) is 0 Å². The fourth-order valence-electron chi connectivity index (χ4n) is 4.39. The van der Waals surface area contributed by atoms with Crippen LogP contribution in [0.25, 0.3) is 0 Å². The minimum atomic E-state index is -0.00440. The smallest absolute Gasteiger partial charge is 0.111 e. The van der Waals surface area contributed by atoms with Crippen LogP contribution in [0.3, 0.4) is 0 Å². The number of hydrogen-bond donors (Lipinski definition) is 0. The van der Waals surface area contributed by atoms with Gasteiger partial charge in [-0.3, -0.25) is 4.84 Å². The molecular weight excluding hydrogens is 318 g/mol. The molecule has 0 saturated carbocycles. The lowest BCUT2D eigenvalue weighted by atomic mass is 9.82. The summed E-state index contributed by atoms with van der Waals surface area (Å²) in [6, 6.07) is 21.4. The molecule has 0 amide bonds. The van der Waals surface area contributed by atoms with E-state index < -0.39 is 0 Å². The number of benzene rings is 2. The summed E-state index contributed by atoms with van der Waals surface area (Å²) in [5, 5.41) is 2.29. The van der Waals surface area contributed by atoms with E-state index in [0.29, 0.717) is 0 Å². The summed E-state index contributed by atoms with van der Waals surface area (Å²) in [5.41, 5.74) is 2.62. The molecule has 2 aromatic carbocycles. The highest BCUT2D eigenvalue weighted by atomic mass is 16.7. The van der Waals surface area contributed by atoms with Crippen molar-refractivity contribution in [3.63, 3.8) is 0 Å². The first-order valence-electron chi connectivity index (χ1n) is 9.88. The molecule has 140 valence electrons. The lowest BCUT2D eigenvalue weighted by Gasteiger charge is -2.53. The van der Waals surface area contributed by atoms with Gasteiger partial charge in [0.05, 0.1) is 0 Å². The molecule has 2 heteroatoms. The normalized spacial score (nSPS) is 21.9. The maximum atomic E-state index is 6.86. The summed E-state index contributed by atoms with van der Waals surface area (Å²) in [5.74, 6) is 0.270. The Morgan fingerprint density at radius 1 is 0.769 bits per heavy atom. The fourth-order valence-corrected chi connectivity index (χ4v) is 4.39. The molecule has 0 N–H and O–H groups in total. The largest absolute Gasteiger partial charge is 0.289 e. The van der Waals surface area contributed by atoms with Gasteiger partial charge in [0.2, 0.25) is 0 Å². The number of hydroxylamine groups is 2. The summed E-state index contributed by atoms with van der Waals surface area (Å²) in [7, 11) is 0. The first kappa shape index (κ1) is 19.1. The fraction of sp³-hybridized carbons (Fsp3) is 0.500. The lowest BCUT2D eigenvalue weighted by Crippen LogP contribution is -2.58. The van der Waals surface area contributed by atoms with E-state index in [1.165, 1.54) is 17.5 Å². The van der Waals surface area contributed by atoms with Gasteiger partial charge >= 0.3 is 0 Å². The van der Waals surface area contributed by atoms with Crippen LogP contribution in [0.15, 0.2) is 60.7 Å². The van der Waals surface area contributed by atoms with E-state index >= 15 is 0 Å². The van der Waals surface area contributed by atoms with Crippen LogP contribution in [0.4, 0.5) is 0 Å². The molecule has 1 fully saturated rings. The Balaban J connectivity index is 1.96. The van der Waals surface area contributed by atoms with Gasteiger partial charge in [-0.15, -0.1) is 0 Å². The highest BCUT2D eigenvalue weighted by Gasteiger charge is 2.44. The van der Waals surface area contributed by atoms with Crippen molar-refractivity contribution >= 4 is 0 Å². The first-order valence-corrected chi connectivity index (χ1v) is 9.88. The average Bonchev–Trinajstić information content (AvgIpc) is 2.62. The minimum Gasteiger partial charge on any atom is -0.289 e. The summed E-state index contributed by atoms with van der Waals surface area (Å²) in [4.78, 5) is 6.86. The summed E-state index contributed by atoms with van der Waals surface area (Å²) >= 11 is 0. The predicted octanol–water partition coefficient (Wildman–Crippen LogP) is 6.51. The van der Waals surface area contributed by atoms with Gasteiger partial charge in [-0.2, -0.15) is 5.06 Å². The van der Waals surface area contributed by atoms with Crippen molar-refractivity contribution in [2.45, 2.75) is 77.0 Å². The second kappa shape index (κ2) is 7.54. The molecule has 0 bridgehead atoms. The van der Waals surface area contributed by atoms with Gasteiger partial charge in [0.15, 0.2) is 0 Å². The molecule has 2 unspecified atom stereocenters. The average molecular weight is 352 g/mol. The van der Waals surface area contributed by atoms with Crippen molar-refractivity contribution in [1.82, 2.24) is 5.06 Å². The third kappa shape index (κ3) is 4.02. The van der Waals surface area contributed by atoms with Crippen molar-refractivity contribution in [2.24, 2.45) is 0 Å². The van der Waals surface area contributed by atoms with Crippen LogP contribution < -0.4 is 0 Å². The van der Waals surface area contributed by atoms with Gasteiger partial charge < -0.3 is 0 Å². The zero-order valence-electron chi connectivity index (χ0n) is 16.9. The molecule has 26 heavy (non-hydrogen) atoms. The highest BCUT2D eigenvalue weighted by Crippen LogP contribution is 2.43. The number of rotatable bonds is 5. The van der Waals surface area contributed by atoms with Gasteiger partial charge in [0, 0.05) is 17.0 Å². The number of hydrogen-bond acceptors (Lipinski definition) is 2. The summed E-state index contributed by atoms with van der Waals surface area (Å²) < 4.78 is 0. The summed E-state index contributed by atoms with van der Waals surface area (Å²) in [6.45, 7) is 11.5. The molecule has 0 radical (unpaired) electrons. The van der Waals surface area contributed by atoms with E-state index in [-0.39, 0.29) is 23.1 Å². The second-order valence-corrected chi connectivity index (χ2v) is 8.91. The predicted molar refractivity (Wildman–Crippen MR) is 109 cm³/mol. The lowest BCUT2D eigenvalue weighted by molar-refractivity contribution is -0.310. The van der Waals surface area contributed by atoms with Gasteiger partial charge in [-0.25, -0.2) is 0 Å². The Labute approximate surface area is 159 Å². The van der Waals surface area contributed by atoms with E-state index in [1.807, 2.05) is 0 Å². The Kier molecular flexibility index (Phi) is 5.55. The Morgan fingerprint density at radius 3 is 1.73 bits per heavy atom. The van der Waals surface area contributed by atoms with Crippen LogP contribution in [-0.4, -0.2) is 16.1 Å². The third-order valence-electron chi connectivity index (χ3n) is 5.80. The molecule has 1 aliphatic heterocycles. The molecule has 0 spiro atoms. The van der Waals surface area contributed by atoms with Crippen LogP contribution >= 0.6 is 0 Å². The van der Waals surface area contributed by atoms with Gasteiger partial charge in [-0.05, 0) is 58.1 Å². The molecule has 0 aromatic heterocycles. The van der Waals surface area contributed by atoms with E-state index in [9.17, 15) is 0 Å². The maximum Gasteiger partial charge on any atom is 0.111 e. The maximum absolute atomic E-state index is 6.86. The zero-order chi connectivity index (χ0) is 18.8. The Bertz CT molecular complexity index is 677. The topological polar surface area (TPSA) is 12.5 Å². The van der Waals surface area contributed by atoms with Gasteiger partial charge in [0.1, 0.15) is 6.10 Å². The Hall–Kier alpha value is -1.64. The molecule has 1 aliphatic rings. The zero-order valence-corrected chi connectivity index (χ0v) is 16.9. The van der Waals surface area contributed by atoms with Gasteiger partial charge in [-0.1, -0.05) is 67.6 Å². The molecule has 2 aromatic rings. The van der Waals surface area contributed by atoms with Crippen LogP contribution in [-0.2, 0) is 4.84 Å². The van der Waals surface area contributed by atoms with Crippen molar-refractivity contribution < 1.29 is 4.84 Å². The van der Waals surface area contributed by atoms with Crippen molar-refractivity contribution in [1.29, 1.82) is 0 Å². The minimum absolute atomic E-state index is 0.00440. The van der Waals surface area contributed by atoms with Crippen molar-refractivity contribution in [3.05, 3.63) is 71.8 Å². The Morgan fingerprint density at radius 2 is 1.23 bits per heavy atom. The number of piperidine rings is 1. The quantitative estimate of drug-likeness (QED) is 0.609. The van der Waals surface area contributed by atoms with E-state index in [2.05, 4.69) is 100 Å². The van der Waals surface area contributed by atoms with E-state index in [1.54, 1.807) is 0 Å². The summed E-state index contributed by atoms with van der Waals surface area (Å²) in [6.07, 6.45) is 3.58. The van der Waals surface area contributed by atoms with E-state index in [0.717, 1.165) is 12.8 Å². The molecule has 1 saturated heterocycles. The van der Waals surface area contributed by atoms with Crippen LogP contribution in [0.1, 0.15) is 77.0 Å². The SMILES string of the molecule is CC(c1ccccc1)C(ON1C(C)(C)CCCC1(C)C)c1ccccc1. The molecule has 2 nitrogen and oxygen atoms in total. The monoisotopic (exact) mass is 351 g/mol. The molecular formula is C24H33NO. The van der Waals surface area contributed by atoms with E-state index in [4.69, 9.17) is 4.84 Å². The van der Waals surface area contributed by atoms with Crippen molar-refractivity contribution in [3.8, 4) is 0 Å². The third-order valence-corrected chi connectivity index (χ3v) is 5.80. The first-order chi connectivity index (χ1) is 12.3. The van der Waals surface area contributed by atoms with Crippen LogP contribution in [0, 0.1) is 0 Å². The molecule has 3 rings (SSSR count). The highest BCUT2D eigenvalue weighted by molar-refractivity contribution is 5.26. The standard InChI is InChI=1S/C24H33NO/c1-19(20-13-8-6-9-14-20)22(21-15-10-7-11-16-21)26-25-23(2,3)17-12-18-24(25,4)5/h6-11,13-16,19,22H,12,17-18H2,1-5H3.